The van der Waals surface area contributed by atoms with Crippen molar-refractivity contribution in [3.05, 3.63) is 11.8 Å². The summed E-state index contributed by atoms with van der Waals surface area (Å²) in [6, 6.07) is 0. The first-order valence-corrected chi connectivity index (χ1v) is 3.60. The Bertz CT molecular complexity index is 108. The third-order valence-electron chi connectivity index (χ3n) is 1.41. The Hall–Kier alpha value is -0.500. The van der Waals surface area contributed by atoms with Gasteiger partial charge in [0, 0.05) is 26.4 Å². The zero-order chi connectivity index (χ0) is 7.98. The van der Waals surface area contributed by atoms with Crippen molar-refractivity contribution in [3.8, 4) is 0 Å². The van der Waals surface area contributed by atoms with Crippen molar-refractivity contribution in [1.29, 1.82) is 0 Å². The lowest BCUT2D eigenvalue weighted by atomic mass is 10.4. The lowest BCUT2D eigenvalue weighted by molar-refractivity contribution is 0.176. The second-order valence-corrected chi connectivity index (χ2v) is 2.40. The van der Waals surface area contributed by atoms with E-state index in [2.05, 4.69) is 17.9 Å². The van der Waals surface area contributed by atoms with Gasteiger partial charge in [-0.2, -0.15) is 0 Å². The van der Waals surface area contributed by atoms with Crippen LogP contribution >= 0.6 is 0 Å². The van der Waals surface area contributed by atoms with Gasteiger partial charge in [0.25, 0.3) is 0 Å². The van der Waals surface area contributed by atoms with Gasteiger partial charge in [0.15, 0.2) is 0 Å². The van der Waals surface area contributed by atoms with Crippen LogP contribution in [0, 0.1) is 0 Å². The van der Waals surface area contributed by atoms with E-state index in [0.717, 1.165) is 13.2 Å². The summed E-state index contributed by atoms with van der Waals surface area (Å²) in [5.74, 6) is 0. The molecule has 0 atom stereocenters. The molecular formula is C8H17NO. The largest absolute Gasteiger partial charge is 0.381 e. The minimum Gasteiger partial charge on any atom is -0.381 e. The molecule has 0 aliphatic rings. The maximum atomic E-state index is 5.15. The van der Waals surface area contributed by atoms with Gasteiger partial charge >= 0.3 is 0 Å². The summed E-state index contributed by atoms with van der Waals surface area (Å²) in [4.78, 5) is 2.07. The average molecular weight is 143 g/mol. The van der Waals surface area contributed by atoms with Crippen LogP contribution in [0.3, 0.4) is 0 Å². The maximum absolute atomic E-state index is 5.15. The number of hydrogen-bond donors (Lipinski definition) is 0. The van der Waals surface area contributed by atoms with Crippen molar-refractivity contribution in [3.63, 3.8) is 0 Å². The minimum absolute atomic E-state index is 0.723. The highest BCUT2D eigenvalue weighted by Gasteiger charge is 1.88. The average Bonchev–Trinajstić information content (AvgIpc) is 1.88. The number of allylic oxidation sites excluding steroid dienone is 1. The molecule has 0 N–H and O–H groups in total. The molecule has 0 radical (unpaired) electrons. The molecule has 0 saturated heterocycles. The Morgan fingerprint density at radius 3 is 2.50 bits per heavy atom. The molecule has 2 nitrogen and oxygen atoms in total. The maximum Gasteiger partial charge on any atom is 0.0666 e. The van der Waals surface area contributed by atoms with Crippen LogP contribution in [0.2, 0.25) is 0 Å². The van der Waals surface area contributed by atoms with Crippen LogP contribution < -0.4 is 0 Å². The minimum atomic E-state index is 0.723. The van der Waals surface area contributed by atoms with E-state index in [-0.39, 0.29) is 0 Å². The Labute approximate surface area is 63.5 Å². The number of nitrogens with zero attached hydrogens (tertiary/aromatic N) is 1. The quantitative estimate of drug-likeness (QED) is 0.553. The molecule has 0 rings (SSSR count). The molecule has 0 heterocycles. The molecular weight excluding hydrogens is 126 g/mol. The Morgan fingerprint density at radius 1 is 1.50 bits per heavy atom. The summed E-state index contributed by atoms with van der Waals surface area (Å²) in [5, 5.41) is 0. The van der Waals surface area contributed by atoms with E-state index in [1.54, 1.807) is 0 Å². The third kappa shape index (κ3) is 4.39. The third-order valence-corrected chi connectivity index (χ3v) is 1.41. The van der Waals surface area contributed by atoms with E-state index in [9.17, 15) is 0 Å². The van der Waals surface area contributed by atoms with Gasteiger partial charge in [-0.1, -0.05) is 0 Å². The zero-order valence-electron chi connectivity index (χ0n) is 7.35. The van der Waals surface area contributed by atoms with E-state index in [1.165, 1.54) is 5.70 Å². The highest BCUT2D eigenvalue weighted by molar-refractivity contribution is 4.94. The van der Waals surface area contributed by atoms with Crippen LogP contribution in [0.1, 0.15) is 13.8 Å². The fraction of sp³-hybridized carbons (Fsp3) is 0.750. The fourth-order valence-electron chi connectivity index (χ4n) is 0.480. The van der Waals surface area contributed by atoms with Crippen LogP contribution in [-0.4, -0.2) is 32.2 Å². The predicted molar refractivity (Wildman–Crippen MR) is 43.9 cm³/mol. The molecule has 10 heavy (non-hydrogen) atoms. The molecule has 0 aromatic rings. The van der Waals surface area contributed by atoms with Gasteiger partial charge < -0.3 is 9.64 Å². The predicted octanol–water partition coefficient (Wildman–Crippen LogP) is 1.49. The molecule has 0 spiro atoms. The summed E-state index contributed by atoms with van der Waals surface area (Å²) in [6.45, 7) is 5.58. The second kappa shape index (κ2) is 5.30. The number of hydrogen-bond acceptors (Lipinski definition) is 2. The van der Waals surface area contributed by atoms with Crippen LogP contribution in [0.5, 0.6) is 0 Å². The molecule has 0 bridgehead atoms. The lowest BCUT2D eigenvalue weighted by Gasteiger charge is -2.11. The van der Waals surface area contributed by atoms with Crippen LogP contribution in [-0.2, 0) is 4.74 Å². The highest BCUT2D eigenvalue weighted by Crippen LogP contribution is 1.94. The van der Waals surface area contributed by atoms with Gasteiger partial charge in [-0.3, -0.25) is 0 Å². The van der Waals surface area contributed by atoms with E-state index in [1.807, 2.05) is 21.0 Å². The van der Waals surface area contributed by atoms with Gasteiger partial charge in [-0.15, -0.1) is 0 Å². The summed E-state index contributed by atoms with van der Waals surface area (Å²) >= 11 is 0. The van der Waals surface area contributed by atoms with Gasteiger partial charge in [0.05, 0.1) is 6.61 Å². The van der Waals surface area contributed by atoms with Gasteiger partial charge in [0.1, 0.15) is 0 Å². The summed E-state index contributed by atoms with van der Waals surface area (Å²) in [5.41, 5.74) is 1.24. The molecule has 60 valence electrons. The molecule has 0 saturated carbocycles. The van der Waals surface area contributed by atoms with Gasteiger partial charge in [-0.25, -0.2) is 0 Å². The Kier molecular flexibility index (Phi) is 5.03. The van der Waals surface area contributed by atoms with Crippen LogP contribution in [0.15, 0.2) is 11.8 Å². The van der Waals surface area contributed by atoms with Crippen LogP contribution in [0.4, 0.5) is 0 Å². The normalized spacial score (nSPS) is 11.8. The number of ether oxygens (including phenoxy) is 1. The Balaban J connectivity index is 3.48. The SMILES string of the molecule is CCOC/C=C(\C)N(C)C. The smallest absolute Gasteiger partial charge is 0.0666 e. The standard InChI is InChI=1S/C8H17NO/c1-5-10-7-6-8(2)9(3)4/h6H,5,7H2,1-4H3/b8-6+. The molecule has 0 aromatic carbocycles. The number of rotatable bonds is 4. The molecule has 0 amide bonds. The van der Waals surface area contributed by atoms with Gasteiger partial charge in [-0.05, 0) is 19.9 Å². The van der Waals surface area contributed by atoms with Crippen molar-refractivity contribution in [2.75, 3.05) is 27.3 Å². The monoisotopic (exact) mass is 143 g/mol. The second-order valence-electron chi connectivity index (χ2n) is 2.40. The summed E-state index contributed by atoms with van der Waals surface area (Å²) in [7, 11) is 4.05. The molecule has 0 aliphatic carbocycles. The van der Waals surface area contributed by atoms with E-state index in [0.29, 0.717) is 0 Å². The Morgan fingerprint density at radius 2 is 2.10 bits per heavy atom. The first-order chi connectivity index (χ1) is 4.68. The molecule has 0 fully saturated rings. The van der Waals surface area contributed by atoms with Crippen molar-refractivity contribution in [2.24, 2.45) is 0 Å². The first-order valence-electron chi connectivity index (χ1n) is 3.60. The first kappa shape index (κ1) is 9.50. The van der Waals surface area contributed by atoms with Crippen molar-refractivity contribution in [2.45, 2.75) is 13.8 Å². The topological polar surface area (TPSA) is 12.5 Å². The van der Waals surface area contributed by atoms with E-state index < -0.39 is 0 Å². The van der Waals surface area contributed by atoms with Crippen molar-refractivity contribution in [1.82, 2.24) is 4.90 Å². The molecule has 0 aromatic heterocycles. The lowest BCUT2D eigenvalue weighted by Crippen LogP contribution is -2.08. The molecule has 0 unspecified atom stereocenters. The molecule has 0 aliphatic heterocycles. The summed E-state index contributed by atoms with van der Waals surface area (Å²) in [6.07, 6.45) is 2.07. The zero-order valence-corrected chi connectivity index (χ0v) is 7.35. The van der Waals surface area contributed by atoms with Crippen molar-refractivity contribution >= 4 is 0 Å². The van der Waals surface area contributed by atoms with E-state index in [4.69, 9.17) is 4.74 Å². The summed E-state index contributed by atoms with van der Waals surface area (Å²) < 4.78 is 5.15. The highest BCUT2D eigenvalue weighted by atomic mass is 16.5. The molecule has 2 heteroatoms. The van der Waals surface area contributed by atoms with Gasteiger partial charge in [0.2, 0.25) is 0 Å². The fourth-order valence-corrected chi connectivity index (χ4v) is 0.480. The van der Waals surface area contributed by atoms with E-state index >= 15 is 0 Å². The van der Waals surface area contributed by atoms with Crippen LogP contribution in [0.25, 0.3) is 0 Å². The van der Waals surface area contributed by atoms with Crippen molar-refractivity contribution < 1.29 is 4.74 Å².